The number of carbonyl (C=O) groups excluding carboxylic acids is 1. The molecule has 1 heterocycles. The van der Waals surface area contributed by atoms with Crippen molar-refractivity contribution in [3.63, 3.8) is 0 Å². The lowest BCUT2D eigenvalue weighted by Gasteiger charge is -2.36. The number of rotatable bonds is 3. The number of amides is 1. The number of nitrogens with zero attached hydrogens (tertiary/aromatic N) is 1. The molecule has 0 aromatic rings. The smallest absolute Gasteiger partial charge is 0.223 e. The van der Waals surface area contributed by atoms with Crippen molar-refractivity contribution in [3.05, 3.63) is 0 Å². The minimum Gasteiger partial charge on any atom is -0.369 e. The van der Waals surface area contributed by atoms with Gasteiger partial charge in [-0.05, 0) is 13.0 Å². The molecule has 1 rings (SSSR count). The van der Waals surface area contributed by atoms with Crippen molar-refractivity contribution in [3.8, 4) is 0 Å². The van der Waals surface area contributed by atoms with E-state index in [0.717, 1.165) is 26.1 Å². The van der Waals surface area contributed by atoms with Crippen molar-refractivity contribution in [2.24, 2.45) is 11.7 Å². The monoisotopic (exact) mass is 178 g/mol. The van der Waals surface area contributed by atoms with Crippen molar-refractivity contribution in [1.29, 1.82) is 0 Å². The molecule has 11 heavy (non-hydrogen) atoms. The predicted molar refractivity (Wildman–Crippen MR) is 46.7 cm³/mol. The van der Waals surface area contributed by atoms with E-state index in [2.05, 4.69) is 11.8 Å². The average molecular weight is 179 g/mol. The molecular formula is C7H15ClN2O. The molecule has 1 amide bonds. The van der Waals surface area contributed by atoms with Crippen molar-refractivity contribution in [1.82, 2.24) is 4.90 Å². The fourth-order valence-electron chi connectivity index (χ4n) is 1.25. The van der Waals surface area contributed by atoms with Crippen LogP contribution in [-0.2, 0) is 4.79 Å². The molecule has 0 spiro atoms. The molecule has 1 aliphatic heterocycles. The third-order valence-corrected chi connectivity index (χ3v) is 1.90. The quantitative estimate of drug-likeness (QED) is 0.673. The molecule has 4 heteroatoms. The van der Waals surface area contributed by atoms with Gasteiger partial charge in [-0.2, -0.15) is 0 Å². The van der Waals surface area contributed by atoms with Crippen molar-refractivity contribution in [2.75, 3.05) is 19.6 Å². The summed E-state index contributed by atoms with van der Waals surface area (Å²) in [6, 6.07) is 0. The number of carbonyl (C=O) groups is 1. The van der Waals surface area contributed by atoms with E-state index < -0.39 is 0 Å². The highest BCUT2D eigenvalue weighted by molar-refractivity contribution is 5.85. The second-order valence-corrected chi connectivity index (χ2v) is 2.86. The molecule has 0 aliphatic carbocycles. The highest BCUT2D eigenvalue weighted by Crippen LogP contribution is 2.14. The molecule has 1 aliphatic rings. The summed E-state index contributed by atoms with van der Waals surface area (Å²) >= 11 is 0. The van der Waals surface area contributed by atoms with Gasteiger partial charge in [0.2, 0.25) is 5.91 Å². The van der Waals surface area contributed by atoms with E-state index >= 15 is 0 Å². The van der Waals surface area contributed by atoms with E-state index in [1.807, 2.05) is 0 Å². The zero-order chi connectivity index (χ0) is 7.56. The van der Waals surface area contributed by atoms with Crippen molar-refractivity contribution < 1.29 is 4.79 Å². The number of nitrogens with two attached hydrogens (primary N) is 1. The van der Waals surface area contributed by atoms with Gasteiger partial charge in [-0.1, -0.05) is 6.92 Å². The maximum atomic E-state index is 10.5. The Hall–Kier alpha value is -0.280. The lowest BCUT2D eigenvalue weighted by atomic mass is 10.00. The van der Waals surface area contributed by atoms with E-state index in [0.29, 0.717) is 0 Å². The normalized spacial score (nSPS) is 18.6. The molecule has 0 aromatic heterocycles. The first-order valence-corrected chi connectivity index (χ1v) is 3.75. The first kappa shape index (κ1) is 10.7. The first-order valence-electron chi connectivity index (χ1n) is 3.75. The zero-order valence-electron chi connectivity index (χ0n) is 6.75. The lowest BCUT2D eigenvalue weighted by Crippen LogP contribution is -2.52. The van der Waals surface area contributed by atoms with E-state index in [9.17, 15) is 4.79 Å². The maximum Gasteiger partial charge on any atom is 0.223 e. The van der Waals surface area contributed by atoms with Gasteiger partial charge in [0.25, 0.3) is 0 Å². The maximum absolute atomic E-state index is 10.5. The molecule has 0 saturated carbocycles. The van der Waals surface area contributed by atoms with E-state index in [1.165, 1.54) is 0 Å². The minimum absolute atomic E-state index is 0. The largest absolute Gasteiger partial charge is 0.369 e. The third-order valence-electron chi connectivity index (χ3n) is 1.90. The summed E-state index contributed by atoms with van der Waals surface area (Å²) in [5, 5.41) is 0. The lowest BCUT2D eigenvalue weighted by molar-refractivity contribution is -0.126. The fourth-order valence-corrected chi connectivity index (χ4v) is 1.25. The summed E-state index contributed by atoms with van der Waals surface area (Å²) in [4.78, 5) is 12.8. The Balaban J connectivity index is 0.000001000. The Bertz CT molecular complexity index is 134. The van der Waals surface area contributed by atoms with E-state index in [4.69, 9.17) is 5.73 Å². The number of halogens is 1. The number of hydrogen-bond acceptors (Lipinski definition) is 2. The van der Waals surface area contributed by atoms with Crippen LogP contribution in [0.25, 0.3) is 0 Å². The van der Waals surface area contributed by atoms with Crippen LogP contribution in [0.1, 0.15) is 13.3 Å². The molecule has 1 saturated heterocycles. The summed E-state index contributed by atoms with van der Waals surface area (Å²) in [5.74, 6) is -0.0149. The Labute approximate surface area is 73.3 Å². The molecule has 0 bridgehead atoms. The van der Waals surface area contributed by atoms with Crippen LogP contribution < -0.4 is 5.73 Å². The van der Waals surface area contributed by atoms with Crippen LogP contribution in [0, 0.1) is 5.92 Å². The van der Waals surface area contributed by atoms with Gasteiger partial charge in [0.1, 0.15) is 0 Å². The Morgan fingerprint density at radius 1 is 1.64 bits per heavy atom. The summed E-state index contributed by atoms with van der Waals surface area (Å²) < 4.78 is 0. The topological polar surface area (TPSA) is 46.3 Å². The van der Waals surface area contributed by atoms with Crippen LogP contribution in [0.15, 0.2) is 0 Å². The van der Waals surface area contributed by atoms with Crippen molar-refractivity contribution >= 4 is 18.3 Å². The molecule has 0 unspecified atom stereocenters. The summed E-state index contributed by atoms with van der Waals surface area (Å²) in [6.07, 6.45) is 1.16. The standard InChI is InChI=1S/C7H14N2O.ClH/c1-2-3-9-4-6(5-9)7(8)10;/h6H,2-5H2,1H3,(H2,8,10);1H. The SMILES string of the molecule is CCCN1CC(C(N)=O)C1.Cl. The molecular weight excluding hydrogens is 164 g/mol. The zero-order valence-corrected chi connectivity index (χ0v) is 7.56. The molecule has 0 atom stereocenters. The molecule has 0 radical (unpaired) electrons. The summed E-state index contributed by atoms with van der Waals surface area (Å²) in [6.45, 7) is 4.99. The minimum atomic E-state index is -0.146. The Kier molecular flexibility index (Phi) is 4.45. The van der Waals surface area contributed by atoms with Crippen LogP contribution in [0.3, 0.4) is 0 Å². The Morgan fingerprint density at radius 2 is 2.18 bits per heavy atom. The van der Waals surface area contributed by atoms with Gasteiger partial charge in [0.15, 0.2) is 0 Å². The summed E-state index contributed by atoms with van der Waals surface area (Å²) in [7, 11) is 0. The molecule has 1 fully saturated rings. The average Bonchev–Trinajstić information content (AvgIpc) is 1.76. The van der Waals surface area contributed by atoms with E-state index in [-0.39, 0.29) is 24.2 Å². The molecule has 2 N–H and O–H groups in total. The summed E-state index contributed by atoms with van der Waals surface area (Å²) in [5.41, 5.74) is 5.09. The van der Waals surface area contributed by atoms with Crippen LogP contribution in [0.4, 0.5) is 0 Å². The number of hydrogen-bond donors (Lipinski definition) is 1. The molecule has 66 valence electrons. The van der Waals surface area contributed by atoms with Crippen LogP contribution in [-0.4, -0.2) is 30.4 Å². The van der Waals surface area contributed by atoms with Gasteiger partial charge in [0.05, 0.1) is 5.92 Å². The molecule has 3 nitrogen and oxygen atoms in total. The fraction of sp³-hybridized carbons (Fsp3) is 0.857. The van der Waals surface area contributed by atoms with Gasteiger partial charge < -0.3 is 10.6 Å². The van der Waals surface area contributed by atoms with Gasteiger partial charge in [-0.15, -0.1) is 12.4 Å². The van der Waals surface area contributed by atoms with Gasteiger partial charge in [-0.3, -0.25) is 4.79 Å². The highest BCUT2D eigenvalue weighted by atomic mass is 35.5. The number of primary amides is 1. The van der Waals surface area contributed by atoms with Crippen molar-refractivity contribution in [2.45, 2.75) is 13.3 Å². The highest BCUT2D eigenvalue weighted by Gasteiger charge is 2.29. The van der Waals surface area contributed by atoms with E-state index in [1.54, 1.807) is 0 Å². The number of likely N-dealkylation sites (tertiary alicyclic amines) is 1. The second kappa shape index (κ2) is 4.57. The predicted octanol–water partition coefficient (Wildman–Crippen LogP) is 0.235. The van der Waals surface area contributed by atoms with Crippen LogP contribution in [0.5, 0.6) is 0 Å². The van der Waals surface area contributed by atoms with Crippen LogP contribution >= 0.6 is 12.4 Å². The molecule has 0 aromatic carbocycles. The van der Waals surface area contributed by atoms with Gasteiger partial charge >= 0.3 is 0 Å². The first-order chi connectivity index (χ1) is 4.74. The second-order valence-electron chi connectivity index (χ2n) is 2.86. The van der Waals surface area contributed by atoms with Gasteiger partial charge in [-0.25, -0.2) is 0 Å². The third kappa shape index (κ3) is 2.67. The Morgan fingerprint density at radius 3 is 2.55 bits per heavy atom. The van der Waals surface area contributed by atoms with Gasteiger partial charge in [0, 0.05) is 13.1 Å². The van der Waals surface area contributed by atoms with Crippen LogP contribution in [0.2, 0.25) is 0 Å².